The third kappa shape index (κ3) is 5.16. The molecule has 0 atom stereocenters. The van der Waals surface area contributed by atoms with Crippen molar-refractivity contribution in [2.75, 3.05) is 13.6 Å². The molecule has 0 aromatic carbocycles. The molecule has 0 saturated heterocycles. The van der Waals surface area contributed by atoms with Crippen molar-refractivity contribution in [1.29, 1.82) is 0 Å². The highest BCUT2D eigenvalue weighted by Crippen LogP contribution is 2.27. The SMILES string of the molecule is CCCCN(C)SC(C)(C)C(=O)O. The highest BCUT2D eigenvalue weighted by molar-refractivity contribution is 7.99. The van der Waals surface area contributed by atoms with Gasteiger partial charge in [-0.15, -0.1) is 0 Å². The zero-order valence-electron chi connectivity index (χ0n) is 8.83. The molecule has 0 amide bonds. The van der Waals surface area contributed by atoms with Gasteiger partial charge in [-0.25, -0.2) is 0 Å². The standard InChI is InChI=1S/C9H19NO2S/c1-5-6-7-10(4)13-9(2,3)8(11)12/h5-7H2,1-4H3,(H,11,12). The van der Waals surface area contributed by atoms with Crippen molar-refractivity contribution >= 4 is 17.9 Å². The van der Waals surface area contributed by atoms with Gasteiger partial charge >= 0.3 is 5.97 Å². The third-order valence-electron chi connectivity index (χ3n) is 1.73. The molecule has 3 nitrogen and oxygen atoms in total. The molecule has 0 radical (unpaired) electrons. The van der Waals surface area contributed by atoms with Gasteiger partial charge in [0, 0.05) is 6.54 Å². The number of nitrogens with zero attached hydrogens (tertiary/aromatic N) is 1. The molecule has 0 heterocycles. The van der Waals surface area contributed by atoms with Gasteiger partial charge in [0.2, 0.25) is 0 Å². The van der Waals surface area contributed by atoms with E-state index in [1.807, 2.05) is 11.4 Å². The van der Waals surface area contributed by atoms with Crippen LogP contribution in [-0.2, 0) is 4.79 Å². The summed E-state index contributed by atoms with van der Waals surface area (Å²) in [6, 6.07) is 0. The predicted octanol–water partition coefficient (Wildman–Crippen LogP) is 2.23. The average molecular weight is 205 g/mol. The summed E-state index contributed by atoms with van der Waals surface area (Å²) in [4.78, 5) is 10.8. The van der Waals surface area contributed by atoms with E-state index in [2.05, 4.69) is 6.92 Å². The van der Waals surface area contributed by atoms with Crippen molar-refractivity contribution in [2.24, 2.45) is 0 Å². The van der Waals surface area contributed by atoms with Crippen LogP contribution in [0.15, 0.2) is 0 Å². The summed E-state index contributed by atoms with van der Waals surface area (Å²) in [5.74, 6) is -0.763. The van der Waals surface area contributed by atoms with Crippen LogP contribution in [0.25, 0.3) is 0 Å². The predicted molar refractivity (Wildman–Crippen MR) is 56.8 cm³/mol. The number of carboxylic acids is 1. The zero-order valence-corrected chi connectivity index (χ0v) is 9.65. The van der Waals surface area contributed by atoms with Crippen molar-refractivity contribution < 1.29 is 9.90 Å². The highest BCUT2D eigenvalue weighted by atomic mass is 32.2. The molecule has 13 heavy (non-hydrogen) atoms. The molecule has 0 spiro atoms. The molecule has 4 heteroatoms. The van der Waals surface area contributed by atoms with Gasteiger partial charge in [0.15, 0.2) is 0 Å². The molecular formula is C9H19NO2S. The minimum Gasteiger partial charge on any atom is -0.480 e. The van der Waals surface area contributed by atoms with Crippen molar-refractivity contribution in [3.63, 3.8) is 0 Å². The van der Waals surface area contributed by atoms with Crippen molar-refractivity contribution in [1.82, 2.24) is 4.31 Å². The number of carboxylic acid groups (broad SMARTS) is 1. The van der Waals surface area contributed by atoms with Crippen LogP contribution in [0.2, 0.25) is 0 Å². The fourth-order valence-electron chi connectivity index (χ4n) is 0.855. The Morgan fingerprint density at radius 3 is 2.46 bits per heavy atom. The first kappa shape index (κ1) is 12.8. The van der Waals surface area contributed by atoms with Crippen molar-refractivity contribution in [2.45, 2.75) is 38.4 Å². The molecule has 0 saturated carbocycles. The molecule has 0 aliphatic carbocycles. The van der Waals surface area contributed by atoms with Crippen LogP contribution < -0.4 is 0 Å². The number of unbranched alkanes of at least 4 members (excludes halogenated alkanes) is 1. The Morgan fingerprint density at radius 2 is 2.08 bits per heavy atom. The van der Waals surface area contributed by atoms with E-state index in [9.17, 15) is 4.79 Å². The fraction of sp³-hybridized carbons (Fsp3) is 0.889. The maximum absolute atomic E-state index is 10.8. The molecule has 0 fully saturated rings. The van der Waals surface area contributed by atoms with Gasteiger partial charge in [-0.1, -0.05) is 25.3 Å². The summed E-state index contributed by atoms with van der Waals surface area (Å²) in [6.45, 7) is 6.52. The quantitative estimate of drug-likeness (QED) is 0.675. The maximum Gasteiger partial charge on any atom is 0.320 e. The van der Waals surface area contributed by atoms with E-state index in [4.69, 9.17) is 5.11 Å². The Balaban J connectivity index is 3.89. The van der Waals surface area contributed by atoms with Crippen molar-refractivity contribution in [3.8, 4) is 0 Å². The van der Waals surface area contributed by atoms with E-state index >= 15 is 0 Å². The monoisotopic (exact) mass is 205 g/mol. The number of hydrogen-bond donors (Lipinski definition) is 1. The summed E-state index contributed by atoms with van der Waals surface area (Å²) in [6.07, 6.45) is 2.25. The number of rotatable bonds is 6. The zero-order chi connectivity index (χ0) is 10.5. The second-order valence-electron chi connectivity index (χ2n) is 3.61. The van der Waals surface area contributed by atoms with E-state index in [1.165, 1.54) is 11.9 Å². The van der Waals surface area contributed by atoms with Gasteiger partial charge in [-0.2, -0.15) is 0 Å². The van der Waals surface area contributed by atoms with Gasteiger partial charge in [0.05, 0.1) is 0 Å². The first-order valence-corrected chi connectivity index (χ1v) is 5.31. The Kier molecular flexibility index (Phi) is 5.40. The smallest absolute Gasteiger partial charge is 0.320 e. The molecule has 0 unspecified atom stereocenters. The normalized spacial score (nSPS) is 12.1. The summed E-state index contributed by atoms with van der Waals surface area (Å²) >= 11 is 1.38. The van der Waals surface area contributed by atoms with Crippen LogP contribution in [0.5, 0.6) is 0 Å². The molecule has 78 valence electrons. The van der Waals surface area contributed by atoms with Crippen LogP contribution in [0.1, 0.15) is 33.6 Å². The second-order valence-corrected chi connectivity index (χ2v) is 5.44. The Morgan fingerprint density at radius 1 is 1.54 bits per heavy atom. The number of carbonyl (C=O) groups is 1. The third-order valence-corrected chi connectivity index (χ3v) is 2.85. The van der Waals surface area contributed by atoms with Crippen LogP contribution in [-0.4, -0.2) is 33.7 Å². The van der Waals surface area contributed by atoms with Gasteiger partial charge in [-0.05, 0) is 27.3 Å². The van der Waals surface area contributed by atoms with E-state index in [-0.39, 0.29) is 0 Å². The molecule has 0 aliphatic heterocycles. The molecule has 0 rings (SSSR count). The Labute approximate surface area is 84.6 Å². The lowest BCUT2D eigenvalue weighted by Gasteiger charge is -2.25. The number of hydrogen-bond acceptors (Lipinski definition) is 3. The van der Waals surface area contributed by atoms with Crippen molar-refractivity contribution in [3.05, 3.63) is 0 Å². The van der Waals surface area contributed by atoms with Crippen LogP contribution in [0, 0.1) is 0 Å². The minimum atomic E-state index is -0.763. The fourth-order valence-corrected chi connectivity index (χ4v) is 1.93. The lowest BCUT2D eigenvalue weighted by molar-refractivity contribution is -0.138. The first-order valence-electron chi connectivity index (χ1n) is 4.53. The molecule has 0 aromatic rings. The topological polar surface area (TPSA) is 40.5 Å². The molecule has 0 bridgehead atoms. The van der Waals surface area contributed by atoms with Gasteiger partial charge in [0.1, 0.15) is 4.75 Å². The molecular weight excluding hydrogens is 186 g/mol. The van der Waals surface area contributed by atoms with Crippen LogP contribution >= 0.6 is 11.9 Å². The van der Waals surface area contributed by atoms with Crippen LogP contribution in [0.4, 0.5) is 0 Å². The Bertz CT molecular complexity index is 171. The van der Waals surface area contributed by atoms with E-state index < -0.39 is 10.7 Å². The number of aliphatic carboxylic acids is 1. The van der Waals surface area contributed by atoms with E-state index in [0.717, 1.165) is 19.4 Å². The highest BCUT2D eigenvalue weighted by Gasteiger charge is 2.29. The summed E-state index contributed by atoms with van der Waals surface area (Å²) in [5, 5.41) is 8.87. The van der Waals surface area contributed by atoms with Gasteiger partial charge < -0.3 is 5.11 Å². The van der Waals surface area contributed by atoms with Gasteiger partial charge in [0.25, 0.3) is 0 Å². The molecule has 1 N–H and O–H groups in total. The summed E-state index contributed by atoms with van der Waals surface area (Å²) < 4.78 is 1.28. The van der Waals surface area contributed by atoms with Crippen LogP contribution in [0.3, 0.4) is 0 Å². The van der Waals surface area contributed by atoms with E-state index in [1.54, 1.807) is 13.8 Å². The first-order chi connectivity index (χ1) is 5.90. The molecule has 0 aliphatic rings. The second kappa shape index (κ2) is 5.50. The van der Waals surface area contributed by atoms with E-state index in [0.29, 0.717) is 0 Å². The Hall–Kier alpha value is -0.220. The summed E-state index contributed by atoms with van der Waals surface area (Å²) in [5.41, 5.74) is 0. The maximum atomic E-state index is 10.8. The average Bonchev–Trinajstić information content (AvgIpc) is 1.99. The molecule has 0 aromatic heterocycles. The summed E-state index contributed by atoms with van der Waals surface area (Å²) in [7, 11) is 1.94. The van der Waals surface area contributed by atoms with Gasteiger partial charge in [-0.3, -0.25) is 9.10 Å². The lowest BCUT2D eigenvalue weighted by Crippen LogP contribution is -2.32. The largest absolute Gasteiger partial charge is 0.480 e. The lowest BCUT2D eigenvalue weighted by atomic mass is 10.2. The minimum absolute atomic E-state index is 0.720.